The highest BCUT2D eigenvalue weighted by atomic mass is 35.5. The number of carbonyl (C=O) groups is 2. The van der Waals surface area contributed by atoms with Crippen LogP contribution in [0.5, 0.6) is 5.75 Å². The van der Waals surface area contributed by atoms with Crippen LogP contribution in [0.25, 0.3) is 6.08 Å². The zero-order chi connectivity index (χ0) is 22.2. The van der Waals surface area contributed by atoms with Gasteiger partial charge in [0.2, 0.25) is 0 Å². The van der Waals surface area contributed by atoms with Crippen molar-refractivity contribution in [2.75, 3.05) is 5.32 Å². The Morgan fingerprint density at radius 2 is 1.81 bits per heavy atom. The van der Waals surface area contributed by atoms with E-state index in [4.69, 9.17) is 21.4 Å². The van der Waals surface area contributed by atoms with Gasteiger partial charge in [-0.15, -0.1) is 0 Å². The summed E-state index contributed by atoms with van der Waals surface area (Å²) < 4.78 is 5.74. The molecule has 154 valence electrons. The number of rotatable bonds is 7. The van der Waals surface area contributed by atoms with Crippen molar-refractivity contribution in [3.63, 3.8) is 0 Å². The summed E-state index contributed by atoms with van der Waals surface area (Å²) in [5.41, 5.74) is 2.06. The molecule has 6 nitrogen and oxygen atoms in total. The van der Waals surface area contributed by atoms with E-state index in [1.54, 1.807) is 60.7 Å². The maximum absolute atomic E-state index is 12.4. The molecule has 0 radical (unpaired) electrons. The van der Waals surface area contributed by atoms with E-state index in [-0.39, 0.29) is 17.7 Å². The zero-order valence-electron chi connectivity index (χ0n) is 16.2. The highest BCUT2D eigenvalue weighted by Crippen LogP contribution is 2.19. The lowest BCUT2D eigenvalue weighted by molar-refractivity contribution is -0.112. The molecule has 0 heterocycles. The zero-order valence-corrected chi connectivity index (χ0v) is 17.0. The molecule has 2 N–H and O–H groups in total. The largest absolute Gasteiger partial charge is 0.489 e. The van der Waals surface area contributed by atoms with Crippen molar-refractivity contribution in [1.29, 1.82) is 5.26 Å². The van der Waals surface area contributed by atoms with E-state index in [9.17, 15) is 14.9 Å². The third-order valence-corrected chi connectivity index (χ3v) is 4.46. The van der Waals surface area contributed by atoms with Gasteiger partial charge in [0.1, 0.15) is 24.0 Å². The summed E-state index contributed by atoms with van der Waals surface area (Å²) >= 11 is 5.91. The molecule has 0 spiro atoms. The van der Waals surface area contributed by atoms with Gasteiger partial charge in [-0.2, -0.15) is 5.26 Å². The van der Waals surface area contributed by atoms with Crippen molar-refractivity contribution in [2.45, 2.75) is 6.61 Å². The number of ether oxygens (including phenoxy) is 1. The van der Waals surface area contributed by atoms with Crippen molar-refractivity contribution in [1.82, 2.24) is 0 Å². The molecule has 0 aliphatic heterocycles. The SMILES string of the molecule is N#C/C(=C/c1cccc(OCc2ccc(C(=O)O)cc2)c1)C(=O)Nc1cccc(Cl)c1. The first kappa shape index (κ1) is 21.6. The van der Waals surface area contributed by atoms with Gasteiger partial charge in [-0.3, -0.25) is 4.79 Å². The van der Waals surface area contributed by atoms with Crippen LogP contribution < -0.4 is 10.1 Å². The number of benzene rings is 3. The molecule has 31 heavy (non-hydrogen) atoms. The molecule has 0 saturated heterocycles. The number of carboxylic acids is 1. The number of nitriles is 1. The van der Waals surface area contributed by atoms with Crippen molar-refractivity contribution in [3.8, 4) is 11.8 Å². The Bertz CT molecular complexity index is 1180. The van der Waals surface area contributed by atoms with Gasteiger partial charge >= 0.3 is 5.97 Å². The van der Waals surface area contributed by atoms with E-state index >= 15 is 0 Å². The molecule has 0 unspecified atom stereocenters. The number of aromatic carboxylic acids is 1. The fourth-order valence-electron chi connectivity index (χ4n) is 2.68. The number of carboxylic acid groups (broad SMARTS) is 1. The number of anilines is 1. The maximum Gasteiger partial charge on any atom is 0.335 e. The smallest absolute Gasteiger partial charge is 0.335 e. The van der Waals surface area contributed by atoms with E-state index in [1.165, 1.54) is 18.2 Å². The Morgan fingerprint density at radius 1 is 1.06 bits per heavy atom. The van der Waals surface area contributed by atoms with Crippen LogP contribution in [-0.4, -0.2) is 17.0 Å². The molecular formula is C24H17ClN2O4. The van der Waals surface area contributed by atoms with Gasteiger partial charge in [0.25, 0.3) is 5.91 Å². The van der Waals surface area contributed by atoms with E-state index in [0.717, 1.165) is 5.56 Å². The summed E-state index contributed by atoms with van der Waals surface area (Å²) in [5.74, 6) is -0.988. The minimum absolute atomic E-state index is 0.0682. The van der Waals surface area contributed by atoms with E-state index in [0.29, 0.717) is 22.0 Å². The van der Waals surface area contributed by atoms with Crippen LogP contribution in [0.15, 0.2) is 78.4 Å². The monoisotopic (exact) mass is 432 g/mol. The van der Waals surface area contributed by atoms with E-state index < -0.39 is 11.9 Å². The minimum atomic E-state index is -0.986. The Kier molecular flexibility index (Phi) is 7.05. The molecule has 7 heteroatoms. The second-order valence-electron chi connectivity index (χ2n) is 6.50. The van der Waals surface area contributed by atoms with Gasteiger partial charge in [-0.25, -0.2) is 4.79 Å². The van der Waals surface area contributed by atoms with Crippen LogP contribution in [0.4, 0.5) is 5.69 Å². The molecule has 0 bridgehead atoms. The number of nitrogens with zero attached hydrogens (tertiary/aromatic N) is 1. The quantitative estimate of drug-likeness (QED) is 0.396. The molecule has 0 saturated carbocycles. The van der Waals surface area contributed by atoms with Gasteiger partial charge in [-0.05, 0) is 59.7 Å². The van der Waals surface area contributed by atoms with Crippen molar-refractivity contribution in [3.05, 3.63) is 100 Å². The van der Waals surface area contributed by atoms with Crippen molar-refractivity contribution in [2.24, 2.45) is 0 Å². The second-order valence-corrected chi connectivity index (χ2v) is 6.93. The fraction of sp³-hybridized carbons (Fsp3) is 0.0417. The molecule has 0 aliphatic carbocycles. The van der Waals surface area contributed by atoms with Crippen LogP contribution in [-0.2, 0) is 11.4 Å². The second kappa shape index (κ2) is 10.1. The third kappa shape index (κ3) is 6.20. The van der Waals surface area contributed by atoms with Gasteiger partial charge in [0.05, 0.1) is 5.56 Å². The number of hydrogen-bond donors (Lipinski definition) is 2. The number of amides is 1. The summed E-state index contributed by atoms with van der Waals surface area (Å²) in [6, 6.07) is 21.9. The number of nitrogens with one attached hydrogen (secondary N) is 1. The Morgan fingerprint density at radius 3 is 2.48 bits per heavy atom. The molecule has 3 rings (SSSR count). The molecule has 0 aromatic heterocycles. The highest BCUT2D eigenvalue weighted by Gasteiger charge is 2.10. The third-order valence-electron chi connectivity index (χ3n) is 4.22. The van der Waals surface area contributed by atoms with Gasteiger partial charge in [-0.1, -0.05) is 41.9 Å². The van der Waals surface area contributed by atoms with Crippen LogP contribution in [0.1, 0.15) is 21.5 Å². The number of halogens is 1. The predicted molar refractivity (Wildman–Crippen MR) is 118 cm³/mol. The summed E-state index contributed by atoms with van der Waals surface area (Å²) in [6.45, 7) is 0.243. The Hall–Kier alpha value is -4.08. The molecule has 0 fully saturated rings. The fourth-order valence-corrected chi connectivity index (χ4v) is 2.87. The number of hydrogen-bond acceptors (Lipinski definition) is 4. The Labute approximate surface area is 184 Å². The highest BCUT2D eigenvalue weighted by molar-refractivity contribution is 6.31. The molecule has 0 aliphatic rings. The topological polar surface area (TPSA) is 99.4 Å². The lowest BCUT2D eigenvalue weighted by atomic mass is 10.1. The lowest BCUT2D eigenvalue weighted by Gasteiger charge is -2.08. The van der Waals surface area contributed by atoms with Gasteiger partial charge < -0.3 is 15.2 Å². The average molecular weight is 433 g/mol. The number of carbonyl (C=O) groups excluding carboxylic acids is 1. The van der Waals surface area contributed by atoms with Crippen LogP contribution in [0.3, 0.4) is 0 Å². The summed E-state index contributed by atoms with van der Waals surface area (Å²) in [5, 5.41) is 21.5. The van der Waals surface area contributed by atoms with E-state index in [1.807, 2.05) is 6.07 Å². The summed E-state index contributed by atoms with van der Waals surface area (Å²) in [6.07, 6.45) is 1.47. The molecular weight excluding hydrogens is 416 g/mol. The average Bonchev–Trinajstić information content (AvgIpc) is 2.76. The minimum Gasteiger partial charge on any atom is -0.489 e. The predicted octanol–water partition coefficient (Wildman–Crippen LogP) is 5.16. The van der Waals surface area contributed by atoms with Gasteiger partial charge in [0, 0.05) is 10.7 Å². The first-order valence-electron chi connectivity index (χ1n) is 9.18. The van der Waals surface area contributed by atoms with Gasteiger partial charge in [0.15, 0.2) is 0 Å². The normalized spacial score (nSPS) is 10.8. The van der Waals surface area contributed by atoms with Crippen molar-refractivity contribution < 1.29 is 19.4 Å². The molecule has 1 amide bonds. The Balaban J connectivity index is 1.68. The summed E-state index contributed by atoms with van der Waals surface area (Å²) in [4.78, 5) is 23.3. The van der Waals surface area contributed by atoms with Crippen molar-refractivity contribution >= 4 is 35.2 Å². The first-order valence-corrected chi connectivity index (χ1v) is 9.56. The molecule has 3 aromatic rings. The van der Waals surface area contributed by atoms with E-state index in [2.05, 4.69) is 5.32 Å². The van der Waals surface area contributed by atoms with Crippen LogP contribution >= 0.6 is 11.6 Å². The lowest BCUT2D eigenvalue weighted by Crippen LogP contribution is -2.13. The maximum atomic E-state index is 12.4. The first-order chi connectivity index (χ1) is 14.9. The van der Waals surface area contributed by atoms with Crippen LogP contribution in [0, 0.1) is 11.3 Å². The van der Waals surface area contributed by atoms with Crippen LogP contribution in [0.2, 0.25) is 5.02 Å². The standard InChI is InChI=1S/C24H17ClN2O4/c25-20-4-2-5-21(13-20)27-23(28)19(14-26)11-17-3-1-6-22(12-17)31-15-16-7-9-18(10-8-16)24(29)30/h1-13H,15H2,(H,27,28)(H,29,30)/b19-11-. The molecule has 0 atom stereocenters. The molecule has 3 aromatic carbocycles. The summed E-state index contributed by atoms with van der Waals surface area (Å²) in [7, 11) is 0.